The lowest BCUT2D eigenvalue weighted by Crippen LogP contribution is -2.07. The minimum Gasteiger partial charge on any atom is -0.478 e. The normalized spacial score (nSPS) is 14.2. The maximum absolute atomic E-state index is 11.1. The fourth-order valence-corrected chi connectivity index (χ4v) is 1.93. The van der Waals surface area contributed by atoms with Crippen LogP contribution in [0, 0.1) is 10.1 Å². The second-order valence-corrected chi connectivity index (χ2v) is 4.59. The van der Waals surface area contributed by atoms with Crippen LogP contribution in [0.2, 0.25) is 0 Å². The summed E-state index contributed by atoms with van der Waals surface area (Å²) in [5.74, 6) is -0.813. The summed E-state index contributed by atoms with van der Waals surface area (Å²) in [4.78, 5) is 25.1. The summed E-state index contributed by atoms with van der Waals surface area (Å²) in [6.07, 6.45) is 4.83. The molecule has 2 aromatic heterocycles. The van der Waals surface area contributed by atoms with E-state index in [1.165, 1.54) is 4.68 Å². The Bertz CT molecular complexity index is 705. The molecule has 2 heterocycles. The average molecular weight is 274 g/mol. The molecule has 0 atom stereocenters. The summed E-state index contributed by atoms with van der Waals surface area (Å²) in [5, 5.41) is 24.2. The van der Waals surface area contributed by atoms with Gasteiger partial charge in [0.05, 0.1) is 16.2 Å². The van der Waals surface area contributed by atoms with E-state index in [2.05, 4.69) is 10.1 Å². The van der Waals surface area contributed by atoms with Gasteiger partial charge in [0.2, 0.25) is 5.82 Å². The number of aromatic carboxylic acids is 1. The van der Waals surface area contributed by atoms with Crippen LogP contribution in [0.4, 0.5) is 5.69 Å². The summed E-state index contributed by atoms with van der Waals surface area (Å²) >= 11 is 0. The van der Waals surface area contributed by atoms with Crippen molar-refractivity contribution in [3.8, 4) is 5.82 Å². The predicted molar refractivity (Wildman–Crippen MR) is 66.9 cm³/mol. The first kappa shape index (κ1) is 12.3. The summed E-state index contributed by atoms with van der Waals surface area (Å²) in [7, 11) is 0. The van der Waals surface area contributed by atoms with Crippen molar-refractivity contribution in [1.29, 1.82) is 0 Å². The number of carboxylic acids is 1. The van der Waals surface area contributed by atoms with Crippen molar-refractivity contribution < 1.29 is 14.8 Å². The number of rotatable bonds is 4. The van der Waals surface area contributed by atoms with Crippen LogP contribution >= 0.6 is 0 Å². The second kappa shape index (κ2) is 4.41. The van der Waals surface area contributed by atoms with Gasteiger partial charge < -0.3 is 5.11 Å². The second-order valence-electron chi connectivity index (χ2n) is 4.59. The molecule has 0 aromatic carbocycles. The minimum atomic E-state index is -1.26. The highest BCUT2D eigenvalue weighted by molar-refractivity contribution is 5.88. The number of carbonyl (C=O) groups is 1. The maximum atomic E-state index is 11.1. The van der Waals surface area contributed by atoms with Gasteiger partial charge in [-0.1, -0.05) is 0 Å². The number of hydrogen-bond donors (Lipinski definition) is 1. The third-order valence-corrected chi connectivity index (χ3v) is 3.11. The zero-order valence-electron chi connectivity index (χ0n) is 10.3. The van der Waals surface area contributed by atoms with Crippen molar-refractivity contribution in [3.05, 3.63) is 45.9 Å². The summed E-state index contributed by atoms with van der Waals surface area (Å²) in [6.45, 7) is 0. The molecule has 8 nitrogen and oxygen atoms in total. The Morgan fingerprint density at radius 1 is 1.50 bits per heavy atom. The Morgan fingerprint density at radius 2 is 2.25 bits per heavy atom. The van der Waals surface area contributed by atoms with Gasteiger partial charge in [-0.25, -0.2) is 14.5 Å². The van der Waals surface area contributed by atoms with Gasteiger partial charge in [-0.3, -0.25) is 10.1 Å². The standard InChI is InChI=1S/C12H10N4O4/c17-12(18)8-5-10(16(19)20)11(13-6-8)15-4-3-9(14-15)7-1-2-7/h3-7H,1-2H2,(H,17,18). The molecule has 0 spiro atoms. The molecule has 1 aliphatic rings. The molecule has 0 aliphatic heterocycles. The van der Waals surface area contributed by atoms with E-state index in [1.54, 1.807) is 12.3 Å². The molecule has 1 saturated carbocycles. The number of hydrogen-bond acceptors (Lipinski definition) is 5. The molecule has 0 amide bonds. The van der Waals surface area contributed by atoms with Gasteiger partial charge in [0.1, 0.15) is 0 Å². The largest absolute Gasteiger partial charge is 0.478 e. The van der Waals surface area contributed by atoms with E-state index in [4.69, 9.17) is 5.11 Å². The molecule has 8 heteroatoms. The molecule has 20 heavy (non-hydrogen) atoms. The lowest BCUT2D eigenvalue weighted by molar-refractivity contribution is -0.385. The zero-order valence-corrected chi connectivity index (χ0v) is 10.3. The lowest BCUT2D eigenvalue weighted by Gasteiger charge is -2.03. The Kier molecular flexibility index (Phi) is 2.70. The first-order valence-corrected chi connectivity index (χ1v) is 6.00. The number of carboxylic acid groups (broad SMARTS) is 1. The zero-order chi connectivity index (χ0) is 14.3. The predicted octanol–water partition coefficient (Wildman–Crippen LogP) is 1.75. The Hall–Kier alpha value is -2.77. The van der Waals surface area contributed by atoms with Crippen LogP contribution < -0.4 is 0 Å². The van der Waals surface area contributed by atoms with E-state index in [1.807, 2.05) is 0 Å². The molecule has 2 aromatic rings. The monoisotopic (exact) mass is 274 g/mol. The van der Waals surface area contributed by atoms with Crippen molar-refractivity contribution in [3.63, 3.8) is 0 Å². The van der Waals surface area contributed by atoms with Gasteiger partial charge >= 0.3 is 11.7 Å². The van der Waals surface area contributed by atoms with Crippen LogP contribution in [0.25, 0.3) is 5.82 Å². The van der Waals surface area contributed by atoms with Gasteiger partial charge in [-0.2, -0.15) is 5.10 Å². The third kappa shape index (κ3) is 2.11. The number of aromatic nitrogens is 3. The molecule has 102 valence electrons. The maximum Gasteiger partial charge on any atom is 0.337 e. The van der Waals surface area contributed by atoms with E-state index >= 15 is 0 Å². The number of nitrogens with zero attached hydrogens (tertiary/aromatic N) is 4. The van der Waals surface area contributed by atoms with Crippen LogP contribution in [-0.2, 0) is 0 Å². The van der Waals surface area contributed by atoms with Gasteiger partial charge in [0, 0.05) is 24.4 Å². The van der Waals surface area contributed by atoms with Crippen LogP contribution in [0.15, 0.2) is 24.5 Å². The van der Waals surface area contributed by atoms with Gasteiger partial charge in [-0.05, 0) is 18.9 Å². The topological polar surface area (TPSA) is 111 Å². The average Bonchev–Trinajstić information content (AvgIpc) is 3.16. The van der Waals surface area contributed by atoms with Gasteiger partial charge in [-0.15, -0.1) is 0 Å². The molecule has 1 aliphatic carbocycles. The quantitative estimate of drug-likeness (QED) is 0.671. The lowest BCUT2D eigenvalue weighted by atomic mass is 10.2. The van der Waals surface area contributed by atoms with E-state index < -0.39 is 10.9 Å². The summed E-state index contributed by atoms with van der Waals surface area (Å²) < 4.78 is 1.32. The van der Waals surface area contributed by atoms with Crippen molar-refractivity contribution in [2.75, 3.05) is 0 Å². The van der Waals surface area contributed by atoms with Crippen molar-refractivity contribution in [2.24, 2.45) is 0 Å². The Labute approximate surface area is 112 Å². The van der Waals surface area contributed by atoms with Crippen LogP contribution in [0.1, 0.15) is 34.8 Å². The van der Waals surface area contributed by atoms with E-state index in [0.29, 0.717) is 5.92 Å². The molecular weight excluding hydrogens is 264 g/mol. The summed E-state index contributed by atoms with van der Waals surface area (Å²) in [5.41, 5.74) is 0.272. The third-order valence-electron chi connectivity index (χ3n) is 3.11. The molecule has 1 N–H and O–H groups in total. The van der Waals surface area contributed by atoms with Crippen molar-refractivity contribution in [2.45, 2.75) is 18.8 Å². The Morgan fingerprint density at radius 3 is 2.85 bits per heavy atom. The highest BCUT2D eigenvalue weighted by atomic mass is 16.6. The van der Waals surface area contributed by atoms with E-state index in [0.717, 1.165) is 30.8 Å². The first-order valence-electron chi connectivity index (χ1n) is 6.00. The van der Waals surface area contributed by atoms with Crippen LogP contribution in [0.5, 0.6) is 0 Å². The molecule has 3 rings (SSSR count). The van der Waals surface area contributed by atoms with E-state index in [-0.39, 0.29) is 17.1 Å². The molecule has 1 fully saturated rings. The molecular formula is C12H10N4O4. The fourth-order valence-electron chi connectivity index (χ4n) is 1.93. The molecule has 0 unspecified atom stereocenters. The summed E-state index contributed by atoms with van der Waals surface area (Å²) in [6, 6.07) is 2.79. The number of pyridine rings is 1. The first-order chi connectivity index (χ1) is 9.56. The minimum absolute atomic E-state index is 0.0203. The smallest absolute Gasteiger partial charge is 0.337 e. The molecule has 0 bridgehead atoms. The Balaban J connectivity index is 2.06. The number of nitro groups is 1. The van der Waals surface area contributed by atoms with E-state index in [9.17, 15) is 14.9 Å². The van der Waals surface area contributed by atoms with Gasteiger partial charge in [0.15, 0.2) is 0 Å². The van der Waals surface area contributed by atoms with Crippen molar-refractivity contribution in [1.82, 2.24) is 14.8 Å². The SMILES string of the molecule is O=C(O)c1cnc(-n2ccc(C3CC3)n2)c([N+](=O)[O-])c1. The van der Waals surface area contributed by atoms with Crippen LogP contribution in [-0.4, -0.2) is 30.8 Å². The molecule has 0 radical (unpaired) electrons. The highest BCUT2D eigenvalue weighted by Crippen LogP contribution is 2.39. The van der Waals surface area contributed by atoms with Crippen LogP contribution in [0.3, 0.4) is 0 Å². The van der Waals surface area contributed by atoms with Gasteiger partial charge in [0.25, 0.3) is 0 Å². The van der Waals surface area contributed by atoms with Crippen molar-refractivity contribution >= 4 is 11.7 Å². The molecule has 0 saturated heterocycles. The fraction of sp³-hybridized carbons (Fsp3) is 0.250. The highest BCUT2D eigenvalue weighted by Gasteiger charge is 2.27.